The first-order valence-corrected chi connectivity index (χ1v) is 12.1. The first-order chi connectivity index (χ1) is 17.6. The molecule has 0 spiro atoms. The average molecular weight is 477 g/mol. The van der Waals surface area contributed by atoms with E-state index in [1.807, 2.05) is 66.7 Å². The van der Waals surface area contributed by atoms with E-state index in [-0.39, 0.29) is 18.3 Å². The number of carbonyl (C=O) groups excluding carboxylic acids is 2. The minimum Gasteiger partial charge on any atom is -0.508 e. The van der Waals surface area contributed by atoms with Crippen molar-refractivity contribution in [3.8, 4) is 5.75 Å². The number of phenolic OH excluding ortho intramolecular Hbond substituents is 1. The first-order valence-electron chi connectivity index (χ1n) is 12.1. The Bertz CT molecular complexity index is 1540. The minimum absolute atomic E-state index is 0.213. The van der Waals surface area contributed by atoms with Gasteiger partial charge in [0, 0.05) is 17.6 Å². The molecule has 0 bridgehead atoms. The Kier molecular flexibility index (Phi) is 5.49. The van der Waals surface area contributed by atoms with E-state index in [2.05, 4.69) is 0 Å². The number of hydrogen-bond acceptors (Lipinski definition) is 5. The summed E-state index contributed by atoms with van der Waals surface area (Å²) in [6, 6.07) is 22.3. The van der Waals surface area contributed by atoms with Crippen molar-refractivity contribution in [2.75, 3.05) is 18.1 Å². The van der Waals surface area contributed by atoms with Crippen LogP contribution in [0.3, 0.4) is 0 Å². The molecular weight excluding hydrogens is 452 g/mol. The molecule has 6 rings (SSSR count). The van der Waals surface area contributed by atoms with Crippen LogP contribution in [0.2, 0.25) is 0 Å². The van der Waals surface area contributed by atoms with Crippen LogP contribution in [0.25, 0.3) is 22.6 Å². The highest BCUT2D eigenvalue weighted by Gasteiger charge is 2.29. The third kappa shape index (κ3) is 3.90. The molecule has 1 N–H and O–H groups in total. The largest absolute Gasteiger partial charge is 0.508 e. The summed E-state index contributed by atoms with van der Waals surface area (Å²) in [5.74, 6) is -0.516. The fourth-order valence-corrected chi connectivity index (χ4v) is 5.16. The van der Waals surface area contributed by atoms with Crippen molar-refractivity contribution in [1.82, 2.24) is 4.98 Å². The molecule has 4 aromatic rings. The van der Waals surface area contributed by atoms with Crippen molar-refractivity contribution in [2.24, 2.45) is 0 Å². The summed E-state index contributed by atoms with van der Waals surface area (Å²) in [6.45, 7) is 0.281. The molecule has 0 saturated heterocycles. The summed E-state index contributed by atoms with van der Waals surface area (Å²) in [7, 11) is 0. The Morgan fingerprint density at radius 1 is 0.944 bits per heavy atom. The van der Waals surface area contributed by atoms with Gasteiger partial charge in [0.25, 0.3) is 5.91 Å². The number of esters is 1. The van der Waals surface area contributed by atoms with E-state index in [1.54, 1.807) is 17.0 Å². The van der Waals surface area contributed by atoms with Crippen molar-refractivity contribution in [2.45, 2.75) is 19.3 Å². The van der Waals surface area contributed by atoms with Gasteiger partial charge in [-0.15, -0.1) is 0 Å². The van der Waals surface area contributed by atoms with E-state index in [4.69, 9.17) is 9.72 Å². The number of nitrogens with zero attached hydrogens (tertiary/aromatic N) is 2. The monoisotopic (exact) mass is 476 g/mol. The molecule has 36 heavy (non-hydrogen) atoms. The van der Waals surface area contributed by atoms with Crippen molar-refractivity contribution in [1.29, 1.82) is 0 Å². The number of hydrogen-bond donors (Lipinski definition) is 1. The van der Waals surface area contributed by atoms with E-state index in [0.717, 1.165) is 51.9 Å². The summed E-state index contributed by atoms with van der Waals surface area (Å²) in [6.07, 6.45) is 4.24. The van der Waals surface area contributed by atoms with Crippen LogP contribution in [0.4, 0.5) is 5.69 Å². The molecule has 0 atom stereocenters. The number of pyridine rings is 1. The molecule has 1 aliphatic heterocycles. The Balaban J connectivity index is 1.31. The van der Waals surface area contributed by atoms with E-state index >= 15 is 0 Å². The van der Waals surface area contributed by atoms with Crippen LogP contribution in [0.15, 0.2) is 72.8 Å². The molecular formula is C30H24N2O4. The fraction of sp³-hybridized carbons (Fsp3) is 0.167. The molecule has 178 valence electrons. The second-order valence-corrected chi connectivity index (χ2v) is 9.09. The van der Waals surface area contributed by atoms with Gasteiger partial charge in [-0.2, -0.15) is 0 Å². The highest BCUT2D eigenvalue weighted by molar-refractivity contribution is 6.08. The Labute approximate surface area is 208 Å². The number of fused-ring (bicyclic) bond motifs is 3. The molecule has 6 heteroatoms. The third-order valence-corrected chi connectivity index (χ3v) is 6.89. The Hall–Kier alpha value is -4.45. The van der Waals surface area contributed by atoms with E-state index in [1.165, 1.54) is 0 Å². The Morgan fingerprint density at radius 3 is 2.58 bits per heavy atom. The van der Waals surface area contributed by atoms with Crippen molar-refractivity contribution in [3.05, 3.63) is 101 Å². The number of phenols is 1. The number of anilines is 1. The fourth-order valence-electron chi connectivity index (χ4n) is 5.16. The van der Waals surface area contributed by atoms with Gasteiger partial charge < -0.3 is 14.7 Å². The minimum atomic E-state index is -0.503. The van der Waals surface area contributed by atoms with Gasteiger partial charge in [-0.3, -0.25) is 4.79 Å². The van der Waals surface area contributed by atoms with Crippen LogP contribution in [-0.4, -0.2) is 35.1 Å². The molecule has 1 aliphatic carbocycles. The van der Waals surface area contributed by atoms with Crippen LogP contribution < -0.4 is 4.90 Å². The number of rotatable bonds is 4. The number of amides is 1. The molecule has 2 heterocycles. The number of aromatic nitrogens is 1. The van der Waals surface area contributed by atoms with Gasteiger partial charge in [-0.05, 0) is 71.9 Å². The van der Waals surface area contributed by atoms with E-state index in [9.17, 15) is 14.7 Å². The zero-order chi connectivity index (χ0) is 24.6. The van der Waals surface area contributed by atoms with Gasteiger partial charge in [0.1, 0.15) is 5.75 Å². The van der Waals surface area contributed by atoms with Crippen molar-refractivity contribution in [3.63, 3.8) is 0 Å². The second-order valence-electron chi connectivity index (χ2n) is 9.09. The van der Waals surface area contributed by atoms with Crippen LogP contribution in [0, 0.1) is 0 Å². The predicted molar refractivity (Wildman–Crippen MR) is 139 cm³/mol. The summed E-state index contributed by atoms with van der Waals surface area (Å²) in [5, 5.41) is 10.3. The van der Waals surface area contributed by atoms with E-state index in [0.29, 0.717) is 24.0 Å². The lowest BCUT2D eigenvalue weighted by Gasteiger charge is -2.18. The number of allylic oxidation sites excluding steroid dienone is 1. The number of carbonyl (C=O) groups is 2. The summed E-state index contributed by atoms with van der Waals surface area (Å²) in [5.41, 5.74) is 6.82. The molecule has 3 aromatic carbocycles. The van der Waals surface area contributed by atoms with Crippen LogP contribution in [-0.2, 0) is 22.4 Å². The van der Waals surface area contributed by atoms with Gasteiger partial charge in [0.05, 0.1) is 16.8 Å². The quantitative estimate of drug-likeness (QED) is 0.411. The maximum Gasteiger partial charge on any atom is 0.339 e. The van der Waals surface area contributed by atoms with Crippen LogP contribution >= 0.6 is 0 Å². The molecule has 6 nitrogen and oxygen atoms in total. The van der Waals surface area contributed by atoms with Crippen LogP contribution in [0.1, 0.15) is 39.2 Å². The molecule has 0 fully saturated rings. The lowest BCUT2D eigenvalue weighted by atomic mass is 10.0. The Morgan fingerprint density at radius 2 is 1.72 bits per heavy atom. The standard InChI is InChI=1S/C30H24N2O4/c33-22-12-9-19(10-13-22)17-21-11-14-24-28(23-6-2-3-7-25(23)31-29(21)24)30(35)36-18-27(34)32-16-15-20-5-1-4-8-26(20)32/h1-10,12-13,17,33H,11,14-16,18H2. The lowest BCUT2D eigenvalue weighted by Crippen LogP contribution is -2.33. The highest BCUT2D eigenvalue weighted by atomic mass is 16.5. The predicted octanol–water partition coefficient (Wildman–Crippen LogP) is 5.17. The summed E-state index contributed by atoms with van der Waals surface area (Å²) >= 11 is 0. The van der Waals surface area contributed by atoms with Crippen molar-refractivity contribution < 1.29 is 19.4 Å². The molecule has 2 aliphatic rings. The maximum absolute atomic E-state index is 13.4. The van der Waals surface area contributed by atoms with Gasteiger partial charge in [-0.1, -0.05) is 48.5 Å². The normalized spacial score (nSPS) is 15.2. The number of para-hydroxylation sites is 2. The smallest absolute Gasteiger partial charge is 0.339 e. The SMILES string of the molecule is O=C(OCC(=O)N1CCc2ccccc21)c1c2c(nc3ccccc13)C(=Cc1ccc(O)cc1)CC2. The molecule has 1 aromatic heterocycles. The number of ether oxygens (including phenoxy) is 1. The molecule has 0 radical (unpaired) electrons. The van der Waals surface area contributed by atoms with Crippen molar-refractivity contribution >= 4 is 40.1 Å². The van der Waals surface area contributed by atoms with Gasteiger partial charge in [0.15, 0.2) is 6.61 Å². The number of aromatic hydroxyl groups is 1. The van der Waals surface area contributed by atoms with E-state index < -0.39 is 5.97 Å². The first kappa shape index (κ1) is 22.0. The zero-order valence-corrected chi connectivity index (χ0v) is 19.6. The van der Waals surface area contributed by atoms with Gasteiger partial charge in [0.2, 0.25) is 0 Å². The summed E-state index contributed by atoms with van der Waals surface area (Å²) in [4.78, 5) is 32.9. The maximum atomic E-state index is 13.4. The number of benzene rings is 3. The molecule has 0 saturated carbocycles. The molecule has 0 unspecified atom stereocenters. The van der Waals surface area contributed by atoms with Gasteiger partial charge in [-0.25, -0.2) is 9.78 Å². The molecule has 1 amide bonds. The topological polar surface area (TPSA) is 79.7 Å². The van der Waals surface area contributed by atoms with Crippen LogP contribution in [0.5, 0.6) is 5.75 Å². The third-order valence-electron chi connectivity index (χ3n) is 6.89. The average Bonchev–Trinajstić information content (AvgIpc) is 3.51. The summed E-state index contributed by atoms with van der Waals surface area (Å²) < 4.78 is 5.61. The zero-order valence-electron chi connectivity index (χ0n) is 19.6. The van der Waals surface area contributed by atoms with Gasteiger partial charge >= 0.3 is 5.97 Å². The second kappa shape index (κ2) is 8.96. The lowest BCUT2D eigenvalue weighted by molar-refractivity contribution is -0.121. The highest BCUT2D eigenvalue weighted by Crippen LogP contribution is 2.38.